The third-order valence-corrected chi connectivity index (χ3v) is 0.303. The Kier molecular flexibility index (Phi) is 2.21. The molecule has 12 heavy (non-hydrogen) atoms. The molecule has 0 aliphatic carbocycles. The molecule has 1 aliphatic heterocycles. The number of halogens is 6. The van der Waals surface area contributed by atoms with Gasteiger partial charge in [-0.05, 0) is 0 Å². The molecule has 0 aromatic heterocycles. The van der Waals surface area contributed by atoms with E-state index in [1.165, 1.54) is 11.8 Å². The van der Waals surface area contributed by atoms with Crippen LogP contribution in [0, 0.1) is 0 Å². The van der Waals surface area contributed by atoms with Crippen LogP contribution in [0.3, 0.4) is 0 Å². The molecule has 1 rings (SSSR count). The minimum absolute atomic E-state index is 1.53. The predicted molar refractivity (Wildman–Crippen MR) is 28.8 cm³/mol. The van der Waals surface area contributed by atoms with E-state index in [0.29, 0.717) is 0 Å². The number of hydrogen-bond acceptors (Lipinski definition) is 3. The molecule has 0 atom stereocenters. The Morgan fingerprint density at radius 2 is 1.42 bits per heavy atom. The van der Waals surface area contributed by atoms with Gasteiger partial charge in [0.05, 0.1) is 5.22 Å². The van der Waals surface area contributed by atoms with E-state index in [4.69, 9.17) is 0 Å². The van der Waals surface area contributed by atoms with Crippen LogP contribution >= 0.6 is 7.81 Å². The number of nitrogens with zero attached hydrogens (tertiary/aromatic N) is 3. The molecule has 11 heteroatoms. The van der Waals surface area contributed by atoms with Crippen LogP contribution < -0.4 is 5.43 Å². The van der Waals surface area contributed by atoms with Crippen molar-refractivity contribution in [3.8, 4) is 0 Å². The van der Waals surface area contributed by atoms with Gasteiger partial charge in [0.2, 0.25) is 6.34 Å². The minimum atomic E-state index is -10.7. The molecule has 2 N–H and O–H groups in total. The molecule has 1 aliphatic rings. The van der Waals surface area contributed by atoms with Crippen molar-refractivity contribution in [3.63, 3.8) is 0 Å². The van der Waals surface area contributed by atoms with Gasteiger partial charge in [0, 0.05) is 5.22 Å². The van der Waals surface area contributed by atoms with Crippen molar-refractivity contribution in [1.29, 1.82) is 0 Å². The molecule has 0 aromatic rings. The zero-order valence-corrected chi connectivity index (χ0v) is 6.11. The first-order chi connectivity index (χ1) is 4.95. The van der Waals surface area contributed by atoms with E-state index in [-0.39, 0.29) is 0 Å². The number of nitrogens with two attached hydrogens (primary N) is 1. The van der Waals surface area contributed by atoms with Crippen molar-refractivity contribution in [2.75, 3.05) is 0 Å². The molecule has 0 bridgehead atoms. The molecule has 4 nitrogen and oxygen atoms in total. The molecule has 0 spiro atoms. The molecule has 0 amide bonds. The van der Waals surface area contributed by atoms with Gasteiger partial charge >= 0.3 is 33.0 Å². The van der Waals surface area contributed by atoms with E-state index in [2.05, 4.69) is 15.5 Å². The Balaban J connectivity index is 0.000000211. The Bertz CT molecular complexity index is 187. The van der Waals surface area contributed by atoms with E-state index in [9.17, 15) is 25.2 Å². The molecule has 0 fully saturated rings. The maximum atomic E-state index is 9.87. The van der Waals surface area contributed by atoms with Crippen LogP contribution in [0.25, 0.3) is 0 Å². The normalized spacial score (nSPS) is 20.8. The third-order valence-electron chi connectivity index (χ3n) is 0.303. The Labute approximate surface area is 61.6 Å². The van der Waals surface area contributed by atoms with E-state index in [0.717, 1.165) is 0 Å². The van der Waals surface area contributed by atoms with Gasteiger partial charge in [0.15, 0.2) is 0 Å². The van der Waals surface area contributed by atoms with E-state index < -0.39 is 7.81 Å². The molecule has 0 saturated carbocycles. The second kappa shape index (κ2) is 2.36. The summed E-state index contributed by atoms with van der Waals surface area (Å²) >= 11 is 0. The van der Waals surface area contributed by atoms with Crippen LogP contribution in [-0.2, 0) is 0 Å². The van der Waals surface area contributed by atoms with Crippen molar-refractivity contribution in [2.45, 2.75) is 0 Å². The fraction of sp³-hybridized carbons (Fsp3) is 0. The van der Waals surface area contributed by atoms with Crippen molar-refractivity contribution < 1.29 is 30.6 Å². The molecule has 0 saturated heterocycles. The summed E-state index contributed by atoms with van der Waals surface area (Å²) in [7, 11) is -10.7. The van der Waals surface area contributed by atoms with Crippen molar-refractivity contribution in [3.05, 3.63) is 0 Å². The van der Waals surface area contributed by atoms with Crippen molar-refractivity contribution in [1.82, 2.24) is 0 Å². The second-order valence-electron chi connectivity index (χ2n) is 1.58. The van der Waals surface area contributed by atoms with Gasteiger partial charge in [-0.1, -0.05) is 5.10 Å². The summed E-state index contributed by atoms with van der Waals surface area (Å²) in [6.07, 6.45) is 1.53. The van der Waals surface area contributed by atoms with E-state index >= 15 is 0 Å². The molecule has 0 unspecified atom stereocenters. The van der Waals surface area contributed by atoms with Crippen LogP contribution in [-0.4, -0.2) is 6.34 Å². The summed E-state index contributed by atoms with van der Waals surface area (Å²) in [5.41, 5.74) is 1.53. The number of rotatable bonds is 0. The zero-order valence-electron chi connectivity index (χ0n) is 5.21. The quantitative estimate of drug-likeness (QED) is 0.367. The molecular formula is CH3F6N4P. The molecule has 1 heterocycles. The summed E-state index contributed by atoms with van der Waals surface area (Å²) in [5, 5.41) is 9.94. The Morgan fingerprint density at radius 1 is 1.00 bits per heavy atom. The van der Waals surface area contributed by atoms with Crippen LogP contribution in [0.2, 0.25) is 0 Å². The number of quaternary nitrogens is 1. The Hall–Kier alpha value is -0.760. The van der Waals surface area contributed by atoms with Crippen LogP contribution in [0.5, 0.6) is 0 Å². The first-order valence-corrected chi connectivity index (χ1v) is 4.29. The molecular weight excluding hydrogens is 213 g/mol. The fourth-order valence-corrected chi connectivity index (χ4v) is 0.149. The second-order valence-corrected chi connectivity index (χ2v) is 3.49. The molecule has 74 valence electrons. The van der Waals surface area contributed by atoms with Gasteiger partial charge in [-0.2, -0.15) is 5.43 Å². The first kappa shape index (κ1) is 11.2. The van der Waals surface area contributed by atoms with Crippen molar-refractivity contribution >= 4 is 14.1 Å². The topological polar surface area (TPSA) is 53.7 Å². The van der Waals surface area contributed by atoms with Crippen LogP contribution in [0.15, 0.2) is 15.5 Å². The molecule has 0 aromatic carbocycles. The van der Waals surface area contributed by atoms with E-state index in [1.54, 1.807) is 0 Å². The average Bonchev–Trinajstić information content (AvgIpc) is 2.00. The summed E-state index contributed by atoms with van der Waals surface area (Å²) in [6, 6.07) is 0. The van der Waals surface area contributed by atoms with Gasteiger partial charge in [-0.3, -0.25) is 0 Å². The van der Waals surface area contributed by atoms with Crippen LogP contribution in [0.4, 0.5) is 25.2 Å². The zero-order chi connectivity index (χ0) is 9.94. The number of hydrogen-bond donors (Lipinski definition) is 1. The summed E-state index contributed by atoms with van der Waals surface area (Å²) < 4.78 is 59.2. The SMILES string of the molecule is C1=NN=N[NH2+]1.F[P-](F)(F)(F)(F)F. The Morgan fingerprint density at radius 3 is 1.50 bits per heavy atom. The van der Waals surface area contributed by atoms with E-state index in [1.807, 2.05) is 0 Å². The van der Waals surface area contributed by atoms with Gasteiger partial charge in [0.1, 0.15) is 0 Å². The maximum absolute atomic E-state index is 10.7. The van der Waals surface area contributed by atoms with Crippen LogP contribution in [0.1, 0.15) is 0 Å². The fourth-order valence-electron chi connectivity index (χ4n) is 0.149. The predicted octanol–water partition coefficient (Wildman–Crippen LogP) is 2.26. The van der Waals surface area contributed by atoms with Gasteiger partial charge in [-0.15, -0.1) is 0 Å². The average molecular weight is 216 g/mol. The van der Waals surface area contributed by atoms with Gasteiger partial charge < -0.3 is 0 Å². The summed E-state index contributed by atoms with van der Waals surface area (Å²) in [5.74, 6) is 0. The molecule has 0 radical (unpaired) electrons. The third kappa shape index (κ3) is 34.9. The summed E-state index contributed by atoms with van der Waals surface area (Å²) in [6.45, 7) is 0. The standard InChI is InChI=1S/CH2N4.F6P/c1-2-4-5-3-1;1-7(2,3,4,5)6/h1H,(H,2,3,4,5);/q;-1/p+1. The monoisotopic (exact) mass is 216 g/mol. The van der Waals surface area contributed by atoms with Gasteiger partial charge in [-0.25, -0.2) is 0 Å². The first-order valence-electron chi connectivity index (χ1n) is 2.26. The van der Waals surface area contributed by atoms with Gasteiger partial charge in [0.25, 0.3) is 0 Å². The summed E-state index contributed by atoms with van der Waals surface area (Å²) in [4.78, 5) is 0. The van der Waals surface area contributed by atoms with Crippen molar-refractivity contribution in [2.24, 2.45) is 15.5 Å².